The van der Waals surface area contributed by atoms with Gasteiger partial charge in [0.25, 0.3) is 0 Å². The zero-order chi connectivity index (χ0) is 10.7. The van der Waals surface area contributed by atoms with E-state index in [0.29, 0.717) is 0 Å². The largest absolute Gasteiger partial charge is 0.504 e. The van der Waals surface area contributed by atoms with E-state index in [1.807, 2.05) is 0 Å². The number of benzene rings is 2. The molecule has 0 fully saturated rings. The standard InChI is InChI=1S/C12H9FO2/c13-9-5-1-3-7-11(9)15-12-8-4-2-6-10(12)14/h1-8,14H. The average molecular weight is 204 g/mol. The quantitative estimate of drug-likeness (QED) is 0.813. The Bertz CT molecular complexity index is 425. The van der Waals surface area contributed by atoms with Gasteiger partial charge in [0.15, 0.2) is 23.1 Å². The fraction of sp³-hybridized carbons (Fsp3) is 0. The average Bonchev–Trinajstić information content (AvgIpc) is 2.24. The van der Waals surface area contributed by atoms with Gasteiger partial charge in [0.2, 0.25) is 0 Å². The second-order valence-electron chi connectivity index (χ2n) is 3.00. The first kappa shape index (κ1) is 9.52. The highest BCUT2D eigenvalue weighted by Gasteiger charge is 2.05. The molecular weight excluding hydrogens is 195 g/mol. The van der Waals surface area contributed by atoms with Crippen molar-refractivity contribution in [2.75, 3.05) is 0 Å². The Labute approximate surface area is 86.6 Å². The lowest BCUT2D eigenvalue weighted by atomic mass is 10.3. The van der Waals surface area contributed by atoms with Crippen LogP contribution < -0.4 is 4.74 Å². The number of halogens is 1. The maximum absolute atomic E-state index is 13.2. The summed E-state index contributed by atoms with van der Waals surface area (Å²) < 4.78 is 18.4. The van der Waals surface area contributed by atoms with Crippen LogP contribution >= 0.6 is 0 Å². The van der Waals surface area contributed by atoms with Gasteiger partial charge in [0.05, 0.1) is 0 Å². The second-order valence-corrected chi connectivity index (χ2v) is 3.00. The first-order chi connectivity index (χ1) is 7.27. The predicted molar refractivity (Wildman–Crippen MR) is 54.6 cm³/mol. The summed E-state index contributed by atoms with van der Waals surface area (Å²) in [4.78, 5) is 0. The first-order valence-electron chi connectivity index (χ1n) is 4.48. The number of ether oxygens (including phenoxy) is 1. The summed E-state index contributed by atoms with van der Waals surface area (Å²) in [5.74, 6) is -0.136. The summed E-state index contributed by atoms with van der Waals surface area (Å²) in [6, 6.07) is 12.5. The monoisotopic (exact) mass is 204 g/mol. The van der Waals surface area contributed by atoms with E-state index in [2.05, 4.69) is 0 Å². The third-order valence-electron chi connectivity index (χ3n) is 1.92. The molecule has 0 saturated heterocycles. The molecule has 0 aliphatic carbocycles. The molecule has 0 bridgehead atoms. The van der Waals surface area contributed by atoms with Crippen molar-refractivity contribution in [3.63, 3.8) is 0 Å². The Hall–Kier alpha value is -2.03. The second kappa shape index (κ2) is 4.00. The van der Waals surface area contributed by atoms with Crippen LogP contribution in [0.2, 0.25) is 0 Å². The van der Waals surface area contributed by atoms with E-state index in [4.69, 9.17) is 4.74 Å². The van der Waals surface area contributed by atoms with Crippen molar-refractivity contribution >= 4 is 0 Å². The predicted octanol–water partition coefficient (Wildman–Crippen LogP) is 3.32. The lowest BCUT2D eigenvalue weighted by Gasteiger charge is -2.07. The van der Waals surface area contributed by atoms with Gasteiger partial charge in [-0.25, -0.2) is 4.39 Å². The van der Waals surface area contributed by atoms with Crippen molar-refractivity contribution in [2.45, 2.75) is 0 Å². The van der Waals surface area contributed by atoms with Crippen LogP contribution in [0.4, 0.5) is 4.39 Å². The minimum atomic E-state index is -0.458. The Morgan fingerprint density at radius 1 is 0.867 bits per heavy atom. The fourth-order valence-electron chi connectivity index (χ4n) is 1.19. The molecule has 2 aromatic carbocycles. The molecular formula is C12H9FO2. The molecule has 1 N–H and O–H groups in total. The van der Waals surface area contributed by atoms with Gasteiger partial charge in [-0.05, 0) is 24.3 Å². The molecule has 2 nitrogen and oxygen atoms in total. The highest BCUT2D eigenvalue weighted by atomic mass is 19.1. The highest BCUT2D eigenvalue weighted by Crippen LogP contribution is 2.30. The number of aromatic hydroxyl groups is 1. The van der Waals surface area contributed by atoms with Gasteiger partial charge >= 0.3 is 0 Å². The Balaban J connectivity index is 2.30. The van der Waals surface area contributed by atoms with Crippen LogP contribution in [0, 0.1) is 5.82 Å². The van der Waals surface area contributed by atoms with Crippen molar-refractivity contribution in [1.29, 1.82) is 0 Å². The molecule has 76 valence electrons. The van der Waals surface area contributed by atoms with E-state index in [1.54, 1.807) is 30.3 Å². The third-order valence-corrected chi connectivity index (χ3v) is 1.92. The normalized spacial score (nSPS) is 9.93. The van der Waals surface area contributed by atoms with Crippen molar-refractivity contribution < 1.29 is 14.2 Å². The lowest BCUT2D eigenvalue weighted by molar-refractivity contribution is 0.396. The Morgan fingerprint density at radius 3 is 2.13 bits per heavy atom. The molecule has 2 rings (SSSR count). The number of para-hydroxylation sites is 3. The molecule has 0 radical (unpaired) electrons. The van der Waals surface area contributed by atoms with Gasteiger partial charge in [0.1, 0.15) is 0 Å². The van der Waals surface area contributed by atoms with E-state index in [9.17, 15) is 9.50 Å². The van der Waals surface area contributed by atoms with Crippen LogP contribution in [-0.2, 0) is 0 Å². The molecule has 0 heterocycles. The van der Waals surface area contributed by atoms with Crippen molar-refractivity contribution in [1.82, 2.24) is 0 Å². The minimum Gasteiger partial charge on any atom is -0.504 e. The summed E-state index contributed by atoms with van der Waals surface area (Å²) in [5.41, 5.74) is 0. The highest BCUT2D eigenvalue weighted by molar-refractivity contribution is 5.41. The van der Waals surface area contributed by atoms with Crippen molar-refractivity contribution in [2.24, 2.45) is 0 Å². The maximum Gasteiger partial charge on any atom is 0.169 e. The maximum atomic E-state index is 13.2. The molecule has 0 amide bonds. The third kappa shape index (κ3) is 2.07. The number of rotatable bonds is 2. The summed E-state index contributed by atoms with van der Waals surface area (Å²) >= 11 is 0. The van der Waals surface area contributed by atoms with Crippen molar-refractivity contribution in [3.05, 3.63) is 54.3 Å². The van der Waals surface area contributed by atoms with Gasteiger partial charge in [-0.15, -0.1) is 0 Å². The molecule has 0 aliphatic rings. The van der Waals surface area contributed by atoms with Crippen molar-refractivity contribution in [3.8, 4) is 17.2 Å². The van der Waals surface area contributed by atoms with E-state index >= 15 is 0 Å². The smallest absolute Gasteiger partial charge is 0.169 e. The summed E-state index contributed by atoms with van der Waals surface area (Å²) in [6.45, 7) is 0. The summed E-state index contributed by atoms with van der Waals surface area (Å²) in [5, 5.41) is 9.42. The zero-order valence-corrected chi connectivity index (χ0v) is 7.85. The summed E-state index contributed by atoms with van der Waals surface area (Å²) in [6.07, 6.45) is 0. The van der Waals surface area contributed by atoms with E-state index in [0.717, 1.165) is 0 Å². The zero-order valence-electron chi connectivity index (χ0n) is 7.85. The van der Waals surface area contributed by atoms with Gasteiger partial charge < -0.3 is 9.84 Å². The van der Waals surface area contributed by atoms with Crippen LogP contribution in [0.3, 0.4) is 0 Å². The van der Waals surface area contributed by atoms with Crippen LogP contribution in [-0.4, -0.2) is 5.11 Å². The van der Waals surface area contributed by atoms with E-state index < -0.39 is 5.82 Å². The van der Waals surface area contributed by atoms with E-state index in [-0.39, 0.29) is 17.2 Å². The SMILES string of the molecule is Oc1ccccc1Oc1ccccc1F. The van der Waals surface area contributed by atoms with Gasteiger partial charge in [-0.3, -0.25) is 0 Å². The first-order valence-corrected chi connectivity index (χ1v) is 4.48. The molecule has 0 saturated carbocycles. The minimum absolute atomic E-state index is 0.0132. The number of hydrogen-bond donors (Lipinski definition) is 1. The molecule has 0 spiro atoms. The molecule has 3 heteroatoms. The lowest BCUT2D eigenvalue weighted by Crippen LogP contribution is -1.87. The molecule has 0 aromatic heterocycles. The molecule has 0 atom stereocenters. The van der Waals surface area contributed by atoms with E-state index in [1.165, 1.54) is 18.2 Å². The van der Waals surface area contributed by atoms with Gasteiger partial charge in [-0.1, -0.05) is 24.3 Å². The number of hydrogen-bond acceptors (Lipinski definition) is 2. The van der Waals surface area contributed by atoms with Gasteiger partial charge in [0, 0.05) is 0 Å². The Kier molecular flexibility index (Phi) is 2.54. The Morgan fingerprint density at radius 2 is 1.47 bits per heavy atom. The van der Waals surface area contributed by atoms with Crippen LogP contribution in [0.5, 0.6) is 17.2 Å². The fourth-order valence-corrected chi connectivity index (χ4v) is 1.19. The van der Waals surface area contributed by atoms with Crippen LogP contribution in [0.15, 0.2) is 48.5 Å². The summed E-state index contributed by atoms with van der Waals surface area (Å²) in [7, 11) is 0. The molecule has 0 aliphatic heterocycles. The molecule has 15 heavy (non-hydrogen) atoms. The van der Waals surface area contributed by atoms with Gasteiger partial charge in [-0.2, -0.15) is 0 Å². The molecule has 0 unspecified atom stereocenters. The number of phenols is 1. The van der Waals surface area contributed by atoms with Crippen LogP contribution in [0.25, 0.3) is 0 Å². The molecule has 2 aromatic rings. The topological polar surface area (TPSA) is 29.5 Å². The van der Waals surface area contributed by atoms with Crippen LogP contribution in [0.1, 0.15) is 0 Å². The number of phenolic OH excluding ortho intramolecular Hbond substituents is 1.